The van der Waals surface area contributed by atoms with Gasteiger partial charge in [0.15, 0.2) is 0 Å². The molecule has 1 aliphatic rings. The van der Waals surface area contributed by atoms with E-state index in [1.807, 2.05) is 18.2 Å². The number of rotatable bonds is 8. The molecule has 116 valence electrons. The molecule has 0 aromatic heterocycles. The Bertz CT molecular complexity index is 443. The van der Waals surface area contributed by atoms with Crippen molar-refractivity contribution >= 4 is 11.6 Å². The van der Waals surface area contributed by atoms with Crippen molar-refractivity contribution in [2.75, 3.05) is 25.0 Å². The maximum absolute atomic E-state index is 12.1. The average Bonchev–Trinajstić information content (AvgIpc) is 2.84. The van der Waals surface area contributed by atoms with Crippen LogP contribution in [0.5, 0.6) is 0 Å². The summed E-state index contributed by atoms with van der Waals surface area (Å²) in [6.45, 7) is 6.86. The van der Waals surface area contributed by atoms with E-state index in [9.17, 15) is 4.79 Å². The lowest BCUT2D eigenvalue weighted by molar-refractivity contribution is -0.128. The molecule has 0 spiro atoms. The van der Waals surface area contributed by atoms with Gasteiger partial charge in [-0.2, -0.15) is 0 Å². The molecule has 0 saturated carbocycles. The van der Waals surface area contributed by atoms with Crippen molar-refractivity contribution in [3.63, 3.8) is 0 Å². The number of carbonyl (C=O) groups excluding carboxylic acids is 1. The Kier molecular flexibility index (Phi) is 5.62. The van der Waals surface area contributed by atoms with Gasteiger partial charge < -0.3 is 16.0 Å². The second-order valence-electron chi connectivity index (χ2n) is 5.86. The topological polar surface area (TPSA) is 53.2 Å². The summed E-state index contributed by atoms with van der Waals surface area (Å²) in [5.41, 5.74) is 1.01. The van der Waals surface area contributed by atoms with Crippen molar-refractivity contribution in [3.05, 3.63) is 30.3 Å². The maximum Gasteiger partial charge on any atom is 0.226 e. The first-order valence-corrected chi connectivity index (χ1v) is 8.01. The van der Waals surface area contributed by atoms with Gasteiger partial charge in [-0.1, -0.05) is 32.0 Å². The van der Waals surface area contributed by atoms with Gasteiger partial charge in [0.2, 0.25) is 5.91 Å². The van der Waals surface area contributed by atoms with E-state index in [1.165, 1.54) is 0 Å². The van der Waals surface area contributed by atoms with E-state index in [1.54, 1.807) is 0 Å². The first-order valence-electron chi connectivity index (χ1n) is 8.01. The normalized spacial score (nSPS) is 20.3. The molecular weight excluding hydrogens is 262 g/mol. The number of nitrogens with one attached hydrogen (secondary N) is 3. The van der Waals surface area contributed by atoms with E-state index >= 15 is 0 Å². The summed E-state index contributed by atoms with van der Waals surface area (Å²) in [6, 6.07) is 10.5. The smallest absolute Gasteiger partial charge is 0.226 e. The van der Waals surface area contributed by atoms with Crippen LogP contribution in [0.1, 0.15) is 33.1 Å². The molecule has 4 nitrogen and oxygen atoms in total. The second-order valence-corrected chi connectivity index (χ2v) is 5.86. The highest BCUT2D eigenvalue weighted by atomic mass is 16.2. The molecule has 0 radical (unpaired) electrons. The van der Waals surface area contributed by atoms with E-state index in [0.717, 1.165) is 44.6 Å². The molecule has 1 aliphatic heterocycles. The molecular formula is C17H27N3O. The van der Waals surface area contributed by atoms with Gasteiger partial charge in [-0.3, -0.25) is 4.79 Å². The standard InChI is InChI=1S/C17H27N3O/c1-3-17(4-2)12-15(20-16(17)21)13-18-10-11-19-14-8-6-5-7-9-14/h5-9,15,18-19H,3-4,10-13H2,1-2H3,(H,20,21)/t15-/m1/s1. The fraction of sp³-hybridized carbons (Fsp3) is 0.588. The van der Waals surface area contributed by atoms with Gasteiger partial charge in [-0.05, 0) is 31.4 Å². The number of hydrogen-bond donors (Lipinski definition) is 3. The Labute approximate surface area is 127 Å². The van der Waals surface area contributed by atoms with Gasteiger partial charge >= 0.3 is 0 Å². The highest BCUT2D eigenvalue weighted by Crippen LogP contribution is 2.36. The summed E-state index contributed by atoms with van der Waals surface area (Å²) < 4.78 is 0. The summed E-state index contributed by atoms with van der Waals surface area (Å²) in [5, 5.41) is 9.93. The molecule has 0 unspecified atom stereocenters. The minimum Gasteiger partial charge on any atom is -0.384 e. The SMILES string of the molecule is CCC1(CC)C[C@H](CNCCNc2ccccc2)NC1=O. The van der Waals surface area contributed by atoms with E-state index in [-0.39, 0.29) is 17.4 Å². The minimum absolute atomic E-state index is 0.130. The first kappa shape index (κ1) is 15.8. The number of para-hydroxylation sites is 1. The third kappa shape index (κ3) is 3.97. The number of anilines is 1. The van der Waals surface area contributed by atoms with Crippen molar-refractivity contribution in [2.45, 2.75) is 39.2 Å². The lowest BCUT2D eigenvalue weighted by Gasteiger charge is -2.22. The average molecular weight is 289 g/mol. The molecule has 1 heterocycles. The van der Waals surface area contributed by atoms with Crippen molar-refractivity contribution in [3.8, 4) is 0 Å². The summed E-state index contributed by atoms with van der Waals surface area (Å²) in [6.07, 6.45) is 2.82. The zero-order valence-corrected chi connectivity index (χ0v) is 13.1. The molecule has 4 heteroatoms. The molecule has 1 fully saturated rings. The third-order valence-electron chi connectivity index (χ3n) is 4.60. The Morgan fingerprint density at radius 2 is 1.90 bits per heavy atom. The zero-order valence-electron chi connectivity index (χ0n) is 13.1. The van der Waals surface area contributed by atoms with Gasteiger partial charge in [0.1, 0.15) is 0 Å². The fourth-order valence-electron chi connectivity index (χ4n) is 3.06. The van der Waals surface area contributed by atoms with E-state index in [0.29, 0.717) is 0 Å². The molecule has 1 aromatic carbocycles. The summed E-state index contributed by atoms with van der Waals surface area (Å²) in [4.78, 5) is 12.1. The molecule has 3 N–H and O–H groups in total. The van der Waals surface area contributed by atoms with Crippen LogP contribution in [-0.2, 0) is 4.79 Å². The summed E-state index contributed by atoms with van der Waals surface area (Å²) in [7, 11) is 0. The molecule has 1 aromatic rings. The number of hydrogen-bond acceptors (Lipinski definition) is 3. The van der Waals surface area contributed by atoms with Gasteiger partial charge in [0.05, 0.1) is 5.41 Å². The Balaban J connectivity index is 1.65. The van der Waals surface area contributed by atoms with Crippen molar-refractivity contribution in [1.82, 2.24) is 10.6 Å². The van der Waals surface area contributed by atoms with Crippen LogP contribution in [0.25, 0.3) is 0 Å². The molecule has 1 amide bonds. The Morgan fingerprint density at radius 1 is 1.19 bits per heavy atom. The third-order valence-corrected chi connectivity index (χ3v) is 4.60. The van der Waals surface area contributed by atoms with Gasteiger partial charge in [0, 0.05) is 31.4 Å². The Hall–Kier alpha value is -1.55. The molecule has 21 heavy (non-hydrogen) atoms. The molecule has 1 saturated heterocycles. The quantitative estimate of drug-likeness (QED) is 0.644. The number of amides is 1. The number of benzene rings is 1. The zero-order chi connectivity index (χ0) is 15.1. The van der Waals surface area contributed by atoms with Crippen LogP contribution in [0.15, 0.2) is 30.3 Å². The van der Waals surface area contributed by atoms with Gasteiger partial charge in [0.25, 0.3) is 0 Å². The van der Waals surface area contributed by atoms with E-state index in [4.69, 9.17) is 0 Å². The second kappa shape index (κ2) is 7.46. The van der Waals surface area contributed by atoms with Gasteiger partial charge in [-0.15, -0.1) is 0 Å². The van der Waals surface area contributed by atoms with Crippen LogP contribution < -0.4 is 16.0 Å². The molecule has 2 rings (SSSR count). The van der Waals surface area contributed by atoms with Crippen LogP contribution in [0.4, 0.5) is 5.69 Å². The molecule has 1 atom stereocenters. The van der Waals surface area contributed by atoms with E-state index < -0.39 is 0 Å². The Morgan fingerprint density at radius 3 is 2.52 bits per heavy atom. The highest BCUT2D eigenvalue weighted by molar-refractivity contribution is 5.85. The minimum atomic E-state index is -0.130. The largest absolute Gasteiger partial charge is 0.384 e. The summed E-state index contributed by atoms with van der Waals surface area (Å²) in [5.74, 6) is 0.238. The van der Waals surface area contributed by atoms with Crippen LogP contribution in [0.3, 0.4) is 0 Å². The van der Waals surface area contributed by atoms with Gasteiger partial charge in [-0.25, -0.2) is 0 Å². The first-order chi connectivity index (χ1) is 10.2. The predicted octanol–water partition coefficient (Wildman–Crippen LogP) is 2.38. The summed E-state index contributed by atoms with van der Waals surface area (Å²) >= 11 is 0. The van der Waals surface area contributed by atoms with Crippen LogP contribution in [-0.4, -0.2) is 31.6 Å². The van der Waals surface area contributed by atoms with E-state index in [2.05, 4.69) is 41.9 Å². The fourth-order valence-corrected chi connectivity index (χ4v) is 3.06. The predicted molar refractivity (Wildman–Crippen MR) is 87.4 cm³/mol. The monoisotopic (exact) mass is 289 g/mol. The van der Waals surface area contributed by atoms with Crippen LogP contribution in [0, 0.1) is 5.41 Å². The highest BCUT2D eigenvalue weighted by Gasteiger charge is 2.43. The lowest BCUT2D eigenvalue weighted by Crippen LogP contribution is -2.37. The lowest BCUT2D eigenvalue weighted by atomic mass is 9.79. The number of carbonyl (C=O) groups is 1. The van der Waals surface area contributed by atoms with Crippen molar-refractivity contribution < 1.29 is 4.79 Å². The van der Waals surface area contributed by atoms with Crippen LogP contribution >= 0.6 is 0 Å². The molecule has 0 bridgehead atoms. The van der Waals surface area contributed by atoms with Crippen LogP contribution in [0.2, 0.25) is 0 Å². The van der Waals surface area contributed by atoms with Crippen molar-refractivity contribution in [1.29, 1.82) is 0 Å². The van der Waals surface area contributed by atoms with Crippen molar-refractivity contribution in [2.24, 2.45) is 5.41 Å². The molecule has 0 aliphatic carbocycles. The maximum atomic E-state index is 12.1.